The standard InChI is InChI=1S/C12H6Cl2N6O8/c13-8-3-7(18(23)24)5-11(20(27)28)12(8)16(14)15-9-2-1-6(17(21)22)4-10(9)19(25)26/h1-5,15H. The van der Waals surface area contributed by atoms with Crippen LogP contribution >= 0.6 is 23.4 Å². The van der Waals surface area contributed by atoms with Crippen molar-refractivity contribution in [2.24, 2.45) is 0 Å². The molecule has 0 aliphatic heterocycles. The molecular weight excluding hydrogens is 427 g/mol. The van der Waals surface area contributed by atoms with Crippen molar-refractivity contribution in [3.8, 4) is 0 Å². The number of nitrogens with one attached hydrogen (secondary N) is 1. The lowest BCUT2D eigenvalue weighted by atomic mass is 10.2. The lowest BCUT2D eigenvalue weighted by molar-refractivity contribution is -0.394. The molecule has 0 unspecified atom stereocenters. The van der Waals surface area contributed by atoms with Crippen LogP contribution in [0.4, 0.5) is 34.1 Å². The summed E-state index contributed by atoms with van der Waals surface area (Å²) in [6.45, 7) is 0. The summed E-state index contributed by atoms with van der Waals surface area (Å²) in [4.78, 5) is 40.3. The molecule has 0 aromatic heterocycles. The van der Waals surface area contributed by atoms with Crippen LogP contribution in [0.5, 0.6) is 0 Å². The fourth-order valence-electron chi connectivity index (χ4n) is 2.05. The van der Waals surface area contributed by atoms with E-state index in [4.69, 9.17) is 23.4 Å². The molecule has 0 amide bonds. The molecule has 0 saturated carbocycles. The van der Waals surface area contributed by atoms with E-state index in [0.717, 1.165) is 18.2 Å². The van der Waals surface area contributed by atoms with E-state index >= 15 is 0 Å². The van der Waals surface area contributed by atoms with Crippen LogP contribution in [0.2, 0.25) is 5.02 Å². The van der Waals surface area contributed by atoms with Crippen molar-refractivity contribution in [2.45, 2.75) is 0 Å². The minimum Gasteiger partial charge on any atom is -0.277 e. The number of hydrogen-bond donors (Lipinski definition) is 1. The van der Waals surface area contributed by atoms with Crippen LogP contribution < -0.4 is 9.95 Å². The number of halogens is 2. The molecular formula is C12H6Cl2N6O8. The maximum Gasteiger partial charge on any atom is 0.304 e. The summed E-state index contributed by atoms with van der Waals surface area (Å²) >= 11 is 11.8. The summed E-state index contributed by atoms with van der Waals surface area (Å²) in [5.41, 5.74) is -1.50. The number of hydrazine groups is 1. The highest BCUT2D eigenvalue weighted by Gasteiger charge is 2.29. The second kappa shape index (κ2) is 7.85. The molecule has 0 aliphatic carbocycles. The van der Waals surface area contributed by atoms with Crippen molar-refractivity contribution in [1.29, 1.82) is 0 Å². The zero-order valence-electron chi connectivity index (χ0n) is 13.1. The van der Waals surface area contributed by atoms with Crippen LogP contribution in [0.3, 0.4) is 0 Å². The van der Waals surface area contributed by atoms with Crippen LogP contribution in [0, 0.1) is 40.5 Å². The third-order valence-corrected chi connectivity index (χ3v) is 3.78. The molecule has 0 bridgehead atoms. The highest BCUT2D eigenvalue weighted by Crippen LogP contribution is 2.41. The highest BCUT2D eigenvalue weighted by atomic mass is 35.5. The van der Waals surface area contributed by atoms with E-state index in [1.165, 1.54) is 0 Å². The molecule has 2 aromatic rings. The Morgan fingerprint density at radius 2 is 1.32 bits per heavy atom. The van der Waals surface area contributed by atoms with Crippen molar-refractivity contribution in [2.75, 3.05) is 9.95 Å². The van der Waals surface area contributed by atoms with Gasteiger partial charge in [0.25, 0.3) is 11.4 Å². The monoisotopic (exact) mass is 432 g/mol. The number of benzene rings is 2. The fraction of sp³-hybridized carbons (Fsp3) is 0. The molecule has 28 heavy (non-hydrogen) atoms. The zero-order chi connectivity index (χ0) is 21.2. The van der Waals surface area contributed by atoms with Crippen molar-refractivity contribution >= 4 is 57.5 Å². The Kier molecular flexibility index (Phi) is 5.75. The van der Waals surface area contributed by atoms with Gasteiger partial charge < -0.3 is 0 Å². The maximum atomic E-state index is 11.2. The quantitative estimate of drug-likeness (QED) is 0.380. The maximum absolute atomic E-state index is 11.2. The van der Waals surface area contributed by atoms with Gasteiger partial charge in [-0.05, 0) is 6.07 Å². The van der Waals surface area contributed by atoms with Crippen molar-refractivity contribution < 1.29 is 19.7 Å². The molecule has 0 radical (unpaired) electrons. The Balaban J connectivity index is 2.52. The predicted octanol–water partition coefficient (Wildman–Crippen LogP) is 3.96. The van der Waals surface area contributed by atoms with Crippen LogP contribution in [-0.2, 0) is 0 Å². The molecule has 14 nitrogen and oxygen atoms in total. The summed E-state index contributed by atoms with van der Waals surface area (Å²) in [5, 5.41) is 43.5. The number of anilines is 2. The molecule has 0 spiro atoms. The van der Waals surface area contributed by atoms with E-state index in [2.05, 4.69) is 5.43 Å². The summed E-state index contributed by atoms with van der Waals surface area (Å²) in [5.74, 6) is 0. The first-order valence-electron chi connectivity index (χ1n) is 6.80. The smallest absolute Gasteiger partial charge is 0.277 e. The average Bonchev–Trinajstić information content (AvgIpc) is 2.60. The lowest BCUT2D eigenvalue weighted by Crippen LogP contribution is -2.21. The Hall–Kier alpha value is -3.78. The van der Waals surface area contributed by atoms with Gasteiger partial charge in [-0.25, -0.2) is 0 Å². The van der Waals surface area contributed by atoms with Gasteiger partial charge in [0, 0.05) is 23.9 Å². The minimum atomic E-state index is -0.991. The number of rotatable bonds is 7. The van der Waals surface area contributed by atoms with Gasteiger partial charge in [-0.2, -0.15) is 4.53 Å². The van der Waals surface area contributed by atoms with Gasteiger partial charge >= 0.3 is 11.4 Å². The summed E-state index contributed by atoms with van der Waals surface area (Å²) < 4.78 is 0.415. The van der Waals surface area contributed by atoms with Gasteiger partial charge in [-0.3, -0.25) is 45.9 Å². The van der Waals surface area contributed by atoms with Gasteiger partial charge in [-0.15, -0.1) is 0 Å². The van der Waals surface area contributed by atoms with Crippen LogP contribution in [0.15, 0.2) is 30.3 Å². The fourth-order valence-corrected chi connectivity index (χ4v) is 2.66. The number of nitro groups is 4. The van der Waals surface area contributed by atoms with Gasteiger partial charge in [0.2, 0.25) is 0 Å². The first-order valence-corrected chi connectivity index (χ1v) is 7.52. The Morgan fingerprint density at radius 3 is 1.82 bits per heavy atom. The van der Waals surface area contributed by atoms with Crippen LogP contribution in [0.25, 0.3) is 0 Å². The average molecular weight is 433 g/mol. The van der Waals surface area contributed by atoms with Gasteiger partial charge in [0.15, 0.2) is 5.69 Å². The highest BCUT2D eigenvalue weighted by molar-refractivity contribution is 6.37. The molecule has 2 aromatic carbocycles. The Bertz CT molecular complexity index is 1020. The molecule has 1 N–H and O–H groups in total. The topological polar surface area (TPSA) is 188 Å². The van der Waals surface area contributed by atoms with E-state index in [-0.39, 0.29) is 5.69 Å². The first kappa shape index (κ1) is 20.5. The number of hydrogen-bond acceptors (Lipinski definition) is 10. The van der Waals surface area contributed by atoms with Gasteiger partial charge in [-0.1, -0.05) is 11.6 Å². The summed E-state index contributed by atoms with van der Waals surface area (Å²) in [7, 11) is 0. The first-order chi connectivity index (χ1) is 13.0. The van der Waals surface area contributed by atoms with Gasteiger partial charge in [0.05, 0.1) is 36.8 Å². The third-order valence-electron chi connectivity index (χ3n) is 3.24. The van der Waals surface area contributed by atoms with Gasteiger partial charge in [0.1, 0.15) is 5.69 Å². The van der Waals surface area contributed by atoms with E-state index < -0.39 is 53.2 Å². The second-order valence-electron chi connectivity index (χ2n) is 4.92. The number of nitro benzene ring substituents is 4. The SMILES string of the molecule is O=[N+]([O-])c1ccc(NN(Cl)c2c(Cl)cc([N+](=O)[O-])cc2[N+](=O)[O-])c([N+](=O)[O-])c1. The molecule has 0 heterocycles. The van der Waals surface area contributed by atoms with E-state index in [1.807, 2.05) is 0 Å². The normalized spacial score (nSPS) is 10.2. The summed E-state index contributed by atoms with van der Waals surface area (Å²) in [6.07, 6.45) is 0. The van der Waals surface area contributed by atoms with E-state index in [9.17, 15) is 40.5 Å². The largest absolute Gasteiger partial charge is 0.304 e. The molecule has 0 atom stereocenters. The lowest BCUT2D eigenvalue weighted by Gasteiger charge is -2.18. The number of non-ortho nitro benzene ring substituents is 2. The molecule has 16 heteroatoms. The minimum absolute atomic E-state index is 0.352. The van der Waals surface area contributed by atoms with Crippen LogP contribution in [0.1, 0.15) is 0 Å². The second-order valence-corrected chi connectivity index (χ2v) is 5.66. The zero-order valence-corrected chi connectivity index (χ0v) is 14.7. The van der Waals surface area contributed by atoms with E-state index in [1.54, 1.807) is 0 Å². The Labute approximate surface area is 163 Å². The van der Waals surface area contributed by atoms with E-state index in [0.29, 0.717) is 16.7 Å². The molecule has 0 aliphatic rings. The molecule has 0 saturated heterocycles. The van der Waals surface area contributed by atoms with Crippen LogP contribution in [-0.4, -0.2) is 19.7 Å². The third kappa shape index (κ3) is 4.13. The van der Waals surface area contributed by atoms with Crippen molar-refractivity contribution in [3.63, 3.8) is 0 Å². The van der Waals surface area contributed by atoms with Crippen molar-refractivity contribution in [3.05, 3.63) is 75.8 Å². The van der Waals surface area contributed by atoms with Crippen molar-refractivity contribution in [1.82, 2.24) is 0 Å². The predicted molar refractivity (Wildman–Crippen MR) is 96.5 cm³/mol. The molecule has 146 valence electrons. The number of nitrogens with zero attached hydrogens (tertiary/aromatic N) is 5. The molecule has 2 rings (SSSR count). The Morgan fingerprint density at radius 1 is 0.786 bits per heavy atom. The molecule has 0 fully saturated rings. The summed E-state index contributed by atoms with van der Waals surface area (Å²) in [6, 6.07) is 3.94.